The van der Waals surface area contributed by atoms with E-state index >= 15 is 0 Å². The van der Waals surface area contributed by atoms with Crippen molar-refractivity contribution in [2.45, 2.75) is 25.8 Å². The Labute approximate surface area is 134 Å². The highest BCUT2D eigenvalue weighted by Gasteiger charge is 2.29. The molecular formula is C16H21BrN2O2. The molecule has 0 spiro atoms. The first-order valence-electron chi connectivity index (χ1n) is 7.28. The summed E-state index contributed by atoms with van der Waals surface area (Å²) in [7, 11) is 1.67. The lowest BCUT2D eigenvalue weighted by molar-refractivity contribution is -0.126. The molecule has 1 saturated heterocycles. The third-order valence-corrected chi connectivity index (χ3v) is 4.73. The zero-order valence-corrected chi connectivity index (χ0v) is 14.0. The molecule has 1 aromatic carbocycles. The fourth-order valence-electron chi connectivity index (χ4n) is 2.77. The molecule has 1 aromatic rings. The van der Waals surface area contributed by atoms with E-state index in [1.54, 1.807) is 7.05 Å². The highest BCUT2D eigenvalue weighted by atomic mass is 79.9. The SMILES string of the molecule is CNC(=O)C1CCN(C(C)C(=O)c2ccc(Br)cc2)CC1. The second kappa shape index (κ2) is 7.18. The predicted octanol–water partition coefficient (Wildman–Crippen LogP) is 2.48. The zero-order valence-electron chi connectivity index (χ0n) is 12.4. The second-order valence-electron chi connectivity index (χ2n) is 5.47. The third-order valence-electron chi connectivity index (χ3n) is 4.20. The maximum absolute atomic E-state index is 12.5. The maximum Gasteiger partial charge on any atom is 0.222 e. The van der Waals surface area contributed by atoms with Crippen molar-refractivity contribution >= 4 is 27.6 Å². The number of amides is 1. The first-order valence-corrected chi connectivity index (χ1v) is 8.07. The fourth-order valence-corrected chi connectivity index (χ4v) is 3.04. The van der Waals surface area contributed by atoms with Gasteiger partial charge in [0.1, 0.15) is 0 Å². The number of hydrogen-bond acceptors (Lipinski definition) is 3. The van der Waals surface area contributed by atoms with E-state index in [4.69, 9.17) is 0 Å². The van der Waals surface area contributed by atoms with Crippen LogP contribution in [0.2, 0.25) is 0 Å². The first-order chi connectivity index (χ1) is 10.0. The Morgan fingerprint density at radius 3 is 2.33 bits per heavy atom. The van der Waals surface area contributed by atoms with E-state index < -0.39 is 0 Å². The van der Waals surface area contributed by atoms with E-state index in [-0.39, 0.29) is 23.7 Å². The normalized spacial score (nSPS) is 18.2. The Bertz CT molecular complexity index is 508. The minimum absolute atomic E-state index is 0.0845. The lowest BCUT2D eigenvalue weighted by Crippen LogP contribution is -2.46. The molecule has 1 amide bonds. The van der Waals surface area contributed by atoms with Gasteiger partial charge in [-0.2, -0.15) is 0 Å². The number of halogens is 1. The number of likely N-dealkylation sites (tertiary alicyclic amines) is 1. The second-order valence-corrected chi connectivity index (χ2v) is 6.39. The highest BCUT2D eigenvalue weighted by molar-refractivity contribution is 9.10. The summed E-state index contributed by atoms with van der Waals surface area (Å²) >= 11 is 3.38. The smallest absolute Gasteiger partial charge is 0.222 e. The number of carbonyl (C=O) groups is 2. The first kappa shape index (κ1) is 16.2. The molecule has 1 atom stereocenters. The molecule has 1 unspecified atom stereocenters. The van der Waals surface area contributed by atoms with Gasteiger partial charge < -0.3 is 5.32 Å². The largest absolute Gasteiger partial charge is 0.359 e. The monoisotopic (exact) mass is 352 g/mol. The predicted molar refractivity (Wildman–Crippen MR) is 86.3 cm³/mol. The van der Waals surface area contributed by atoms with Gasteiger partial charge in [-0.15, -0.1) is 0 Å². The van der Waals surface area contributed by atoms with Crippen molar-refractivity contribution in [1.29, 1.82) is 0 Å². The topological polar surface area (TPSA) is 49.4 Å². The number of nitrogens with zero attached hydrogens (tertiary/aromatic N) is 1. The maximum atomic E-state index is 12.5. The lowest BCUT2D eigenvalue weighted by atomic mass is 9.93. The molecule has 2 rings (SSSR count). The van der Waals surface area contributed by atoms with Crippen LogP contribution in [-0.2, 0) is 4.79 Å². The number of piperidine rings is 1. The Morgan fingerprint density at radius 2 is 1.81 bits per heavy atom. The average molecular weight is 353 g/mol. The quantitative estimate of drug-likeness (QED) is 0.846. The molecule has 4 nitrogen and oxygen atoms in total. The van der Waals surface area contributed by atoms with Gasteiger partial charge in [-0.1, -0.05) is 28.1 Å². The summed E-state index contributed by atoms with van der Waals surface area (Å²) in [5.74, 6) is 0.337. The molecule has 1 N–H and O–H groups in total. The summed E-state index contributed by atoms with van der Waals surface area (Å²) in [5, 5.41) is 2.70. The zero-order chi connectivity index (χ0) is 15.4. The lowest BCUT2D eigenvalue weighted by Gasteiger charge is -2.34. The van der Waals surface area contributed by atoms with Crippen LogP contribution in [0.25, 0.3) is 0 Å². The van der Waals surface area contributed by atoms with Gasteiger partial charge in [-0.25, -0.2) is 0 Å². The molecule has 0 aliphatic carbocycles. The minimum Gasteiger partial charge on any atom is -0.359 e. The Kier molecular flexibility index (Phi) is 5.53. The van der Waals surface area contributed by atoms with Gasteiger partial charge in [0.15, 0.2) is 5.78 Å². The van der Waals surface area contributed by atoms with E-state index in [1.807, 2.05) is 31.2 Å². The average Bonchev–Trinajstić information content (AvgIpc) is 2.53. The molecule has 1 fully saturated rings. The van der Waals surface area contributed by atoms with Gasteiger partial charge in [0.25, 0.3) is 0 Å². The number of benzene rings is 1. The van der Waals surface area contributed by atoms with Crippen LogP contribution in [0.1, 0.15) is 30.1 Å². The van der Waals surface area contributed by atoms with E-state index in [0.717, 1.165) is 36.0 Å². The van der Waals surface area contributed by atoms with Gasteiger partial charge >= 0.3 is 0 Å². The number of ketones is 1. The van der Waals surface area contributed by atoms with Gasteiger partial charge in [0.05, 0.1) is 6.04 Å². The number of nitrogens with one attached hydrogen (secondary N) is 1. The van der Waals surface area contributed by atoms with Gasteiger partial charge in [-0.3, -0.25) is 14.5 Å². The van der Waals surface area contributed by atoms with Gasteiger partial charge in [0.2, 0.25) is 5.91 Å². The Morgan fingerprint density at radius 1 is 1.24 bits per heavy atom. The molecule has 1 aliphatic heterocycles. The van der Waals surface area contributed by atoms with Crippen molar-refractivity contribution in [3.05, 3.63) is 34.3 Å². The van der Waals surface area contributed by atoms with E-state index in [2.05, 4.69) is 26.1 Å². The Hall–Kier alpha value is -1.20. The molecule has 0 saturated carbocycles. The summed E-state index contributed by atoms with van der Waals surface area (Å²) in [4.78, 5) is 26.3. The van der Waals surface area contributed by atoms with Crippen LogP contribution < -0.4 is 5.32 Å². The number of Topliss-reactive ketones (excluding diaryl/α,β-unsaturated/α-hetero) is 1. The fraction of sp³-hybridized carbons (Fsp3) is 0.500. The van der Waals surface area contributed by atoms with Crippen molar-refractivity contribution in [3.63, 3.8) is 0 Å². The molecule has 0 radical (unpaired) electrons. The van der Waals surface area contributed by atoms with Crippen LogP contribution in [0.15, 0.2) is 28.7 Å². The van der Waals surface area contributed by atoms with Crippen molar-refractivity contribution in [2.24, 2.45) is 5.92 Å². The van der Waals surface area contributed by atoms with Crippen molar-refractivity contribution in [2.75, 3.05) is 20.1 Å². The van der Waals surface area contributed by atoms with Crippen LogP contribution in [-0.4, -0.2) is 42.8 Å². The number of rotatable bonds is 4. The minimum atomic E-state index is -0.142. The molecular weight excluding hydrogens is 332 g/mol. The molecule has 5 heteroatoms. The van der Waals surface area contributed by atoms with Crippen molar-refractivity contribution < 1.29 is 9.59 Å². The number of hydrogen-bond donors (Lipinski definition) is 1. The molecule has 1 heterocycles. The summed E-state index contributed by atoms with van der Waals surface area (Å²) in [6.07, 6.45) is 1.63. The summed E-state index contributed by atoms with van der Waals surface area (Å²) in [6.45, 7) is 3.54. The molecule has 21 heavy (non-hydrogen) atoms. The standard InChI is InChI=1S/C16H21BrN2O2/c1-11(15(20)12-3-5-14(17)6-4-12)19-9-7-13(8-10-19)16(21)18-2/h3-6,11,13H,7-10H2,1-2H3,(H,18,21). The summed E-state index contributed by atoms with van der Waals surface area (Å²) < 4.78 is 0.970. The third kappa shape index (κ3) is 3.92. The highest BCUT2D eigenvalue weighted by Crippen LogP contribution is 2.21. The van der Waals surface area contributed by atoms with Crippen LogP contribution >= 0.6 is 15.9 Å². The molecule has 0 bridgehead atoms. The van der Waals surface area contributed by atoms with Crippen LogP contribution in [0.3, 0.4) is 0 Å². The van der Waals surface area contributed by atoms with Gasteiger partial charge in [-0.05, 0) is 45.0 Å². The molecule has 1 aliphatic rings. The van der Waals surface area contributed by atoms with Crippen molar-refractivity contribution in [3.8, 4) is 0 Å². The van der Waals surface area contributed by atoms with Crippen LogP contribution in [0.5, 0.6) is 0 Å². The van der Waals surface area contributed by atoms with Gasteiger partial charge in [0, 0.05) is 23.0 Å². The number of carbonyl (C=O) groups excluding carboxylic acids is 2. The van der Waals surface area contributed by atoms with Crippen LogP contribution in [0.4, 0.5) is 0 Å². The molecule has 114 valence electrons. The Balaban J connectivity index is 1.95. The summed E-state index contributed by atoms with van der Waals surface area (Å²) in [6, 6.07) is 7.33. The van der Waals surface area contributed by atoms with E-state index in [0.29, 0.717) is 0 Å². The molecule has 0 aromatic heterocycles. The van der Waals surface area contributed by atoms with E-state index in [1.165, 1.54) is 0 Å². The summed E-state index contributed by atoms with van der Waals surface area (Å²) in [5.41, 5.74) is 0.735. The van der Waals surface area contributed by atoms with Crippen LogP contribution in [0, 0.1) is 5.92 Å². The van der Waals surface area contributed by atoms with E-state index in [9.17, 15) is 9.59 Å². The van der Waals surface area contributed by atoms with Crippen molar-refractivity contribution in [1.82, 2.24) is 10.2 Å².